The highest BCUT2D eigenvalue weighted by Crippen LogP contribution is 2.26. The maximum atomic E-state index is 14.2. The monoisotopic (exact) mass is 678 g/mol. The van der Waals surface area contributed by atoms with Gasteiger partial charge in [0.2, 0.25) is 21.8 Å². The number of likely N-dealkylation sites (tertiary alicyclic amines) is 1. The third-order valence-electron chi connectivity index (χ3n) is 8.27. The van der Waals surface area contributed by atoms with Crippen LogP contribution < -0.4 is 5.32 Å². The zero-order valence-electron chi connectivity index (χ0n) is 27.2. The van der Waals surface area contributed by atoms with Gasteiger partial charge >= 0.3 is 6.09 Å². The molecule has 2 fully saturated rings. The highest BCUT2D eigenvalue weighted by molar-refractivity contribution is 7.89. The Morgan fingerprint density at radius 2 is 1.72 bits per heavy atom. The molecule has 0 spiro atoms. The normalized spacial score (nSPS) is 20.6. The molecule has 258 valence electrons. The van der Waals surface area contributed by atoms with Crippen LogP contribution in [-0.2, 0) is 30.8 Å². The van der Waals surface area contributed by atoms with Crippen molar-refractivity contribution in [3.63, 3.8) is 0 Å². The largest absolute Gasteiger partial charge is 0.444 e. The van der Waals surface area contributed by atoms with Gasteiger partial charge in [-0.05, 0) is 63.4 Å². The van der Waals surface area contributed by atoms with E-state index in [1.54, 1.807) is 43.9 Å². The molecule has 47 heavy (non-hydrogen) atoms. The van der Waals surface area contributed by atoms with Gasteiger partial charge in [0.15, 0.2) is 0 Å². The van der Waals surface area contributed by atoms with Crippen molar-refractivity contribution in [2.75, 3.05) is 32.7 Å². The third kappa shape index (κ3) is 9.26. The lowest BCUT2D eigenvalue weighted by Crippen LogP contribution is -2.65. The molecule has 2 aromatic carbocycles. The Morgan fingerprint density at radius 1 is 1.06 bits per heavy atom. The lowest BCUT2D eigenvalue weighted by molar-refractivity contribution is -0.129. The van der Waals surface area contributed by atoms with Crippen LogP contribution in [0.5, 0.6) is 0 Å². The van der Waals surface area contributed by atoms with E-state index in [2.05, 4.69) is 5.32 Å². The van der Waals surface area contributed by atoms with E-state index in [-0.39, 0.29) is 55.4 Å². The topological polar surface area (TPSA) is 137 Å². The number of unbranched alkanes of at least 4 members (excludes halogenated alkanes) is 1. The first-order chi connectivity index (χ1) is 22.1. The molecule has 2 N–H and O–H groups in total. The van der Waals surface area contributed by atoms with Gasteiger partial charge in [0.25, 0.3) is 0 Å². The van der Waals surface area contributed by atoms with E-state index < -0.39 is 63.4 Å². The molecule has 3 amide bonds. The van der Waals surface area contributed by atoms with E-state index in [0.29, 0.717) is 12.6 Å². The standard InChI is InChI=1S/C33H44F2N4O7S/c1-5-6-12-37-20-23(18-29(37)40)31(42)36-27(17-22-15-24(34)19-25(35)16-22)30(41)28-21-38(47(44,45)26-10-8-7-9-11-26)13-14-39(28)32(43)46-33(2,3)4/h7-11,15-16,19,23,27-28,30,41H,5-6,12-14,17-18,20-21H2,1-4H3,(H,36,42)/t23?,27?,28-,30?/m1/s1. The quantitative estimate of drug-likeness (QED) is 0.372. The smallest absolute Gasteiger partial charge is 0.410 e. The Labute approximate surface area is 274 Å². The summed E-state index contributed by atoms with van der Waals surface area (Å²) >= 11 is 0. The number of amides is 3. The van der Waals surface area contributed by atoms with Crippen LogP contribution in [0.1, 0.15) is 52.5 Å². The number of halogens is 2. The maximum Gasteiger partial charge on any atom is 0.410 e. The van der Waals surface area contributed by atoms with Gasteiger partial charge in [-0.2, -0.15) is 4.31 Å². The van der Waals surface area contributed by atoms with Crippen molar-refractivity contribution in [3.05, 3.63) is 65.7 Å². The Kier molecular flexibility index (Phi) is 11.6. The van der Waals surface area contributed by atoms with Crippen molar-refractivity contribution < 1.29 is 41.4 Å². The molecule has 2 heterocycles. The summed E-state index contributed by atoms with van der Waals surface area (Å²) in [6.07, 6.45) is -1.08. The number of aliphatic hydroxyl groups is 1. The number of benzene rings is 2. The average Bonchev–Trinajstić information content (AvgIpc) is 3.38. The predicted molar refractivity (Wildman–Crippen MR) is 170 cm³/mol. The van der Waals surface area contributed by atoms with Crippen LogP contribution in [0.2, 0.25) is 0 Å². The summed E-state index contributed by atoms with van der Waals surface area (Å²) in [5, 5.41) is 14.7. The summed E-state index contributed by atoms with van der Waals surface area (Å²) in [5.74, 6) is -3.18. The molecule has 11 nitrogen and oxygen atoms in total. The Bertz CT molecular complexity index is 1520. The van der Waals surface area contributed by atoms with E-state index in [1.807, 2.05) is 6.92 Å². The number of sulfonamides is 1. The number of aliphatic hydroxyl groups excluding tert-OH is 1. The molecule has 14 heteroatoms. The first kappa shape index (κ1) is 36.2. The van der Waals surface area contributed by atoms with Crippen molar-refractivity contribution in [2.24, 2.45) is 5.92 Å². The van der Waals surface area contributed by atoms with Gasteiger partial charge in [-0.25, -0.2) is 22.0 Å². The van der Waals surface area contributed by atoms with Crippen LogP contribution in [0.3, 0.4) is 0 Å². The minimum absolute atomic E-state index is 0.0255. The van der Waals surface area contributed by atoms with Crippen molar-refractivity contribution in [3.8, 4) is 0 Å². The number of carbonyl (C=O) groups is 3. The van der Waals surface area contributed by atoms with E-state index in [1.165, 1.54) is 17.0 Å². The molecule has 0 aromatic heterocycles. The van der Waals surface area contributed by atoms with Crippen molar-refractivity contribution in [1.29, 1.82) is 0 Å². The van der Waals surface area contributed by atoms with E-state index in [4.69, 9.17) is 4.74 Å². The fourth-order valence-electron chi connectivity index (χ4n) is 5.90. The first-order valence-electron chi connectivity index (χ1n) is 15.8. The van der Waals surface area contributed by atoms with Gasteiger partial charge < -0.3 is 20.1 Å². The number of nitrogens with one attached hydrogen (secondary N) is 1. The second-order valence-corrected chi connectivity index (χ2v) is 15.0. The summed E-state index contributed by atoms with van der Waals surface area (Å²) in [6.45, 7) is 7.09. The van der Waals surface area contributed by atoms with Crippen molar-refractivity contribution in [2.45, 2.75) is 82.1 Å². The number of ether oxygens (including phenoxy) is 1. The van der Waals surface area contributed by atoms with E-state index in [0.717, 1.165) is 29.3 Å². The lowest BCUT2D eigenvalue weighted by atomic mass is 9.93. The van der Waals surface area contributed by atoms with Crippen LogP contribution in [-0.4, -0.2) is 102 Å². The minimum Gasteiger partial charge on any atom is -0.444 e. The lowest BCUT2D eigenvalue weighted by Gasteiger charge is -2.44. The molecular formula is C33H44F2N4O7S. The second-order valence-electron chi connectivity index (χ2n) is 13.1. The second kappa shape index (κ2) is 15.1. The molecule has 4 atom stereocenters. The molecular weight excluding hydrogens is 634 g/mol. The number of piperazine rings is 1. The Hall–Kier alpha value is -3.62. The van der Waals surface area contributed by atoms with Gasteiger partial charge in [0, 0.05) is 45.2 Å². The molecule has 3 unspecified atom stereocenters. The van der Waals surface area contributed by atoms with Crippen LogP contribution in [0, 0.1) is 17.6 Å². The summed E-state index contributed by atoms with van der Waals surface area (Å²) in [6, 6.07) is 8.08. The van der Waals surface area contributed by atoms with Gasteiger partial charge in [-0.15, -0.1) is 0 Å². The summed E-state index contributed by atoms with van der Waals surface area (Å²) in [5.41, 5.74) is -0.794. The number of nitrogens with zero attached hydrogens (tertiary/aromatic N) is 3. The van der Waals surface area contributed by atoms with E-state index in [9.17, 15) is 36.7 Å². The van der Waals surface area contributed by atoms with Crippen LogP contribution in [0.25, 0.3) is 0 Å². The highest BCUT2D eigenvalue weighted by Gasteiger charge is 2.44. The summed E-state index contributed by atoms with van der Waals surface area (Å²) in [7, 11) is -4.05. The highest BCUT2D eigenvalue weighted by atomic mass is 32.2. The molecule has 0 radical (unpaired) electrons. The van der Waals surface area contributed by atoms with Crippen LogP contribution in [0.15, 0.2) is 53.4 Å². The zero-order valence-corrected chi connectivity index (χ0v) is 28.0. The molecule has 2 aromatic rings. The Balaban J connectivity index is 1.67. The van der Waals surface area contributed by atoms with Crippen LogP contribution >= 0.6 is 0 Å². The van der Waals surface area contributed by atoms with Crippen molar-refractivity contribution in [1.82, 2.24) is 19.4 Å². The molecule has 2 saturated heterocycles. The fraction of sp³-hybridized carbons (Fsp3) is 0.545. The molecule has 4 rings (SSSR count). The fourth-order valence-corrected chi connectivity index (χ4v) is 7.37. The number of carbonyl (C=O) groups excluding carboxylic acids is 3. The molecule has 2 aliphatic rings. The van der Waals surface area contributed by atoms with E-state index >= 15 is 0 Å². The van der Waals surface area contributed by atoms with Gasteiger partial charge in [-0.1, -0.05) is 31.5 Å². The molecule has 0 aliphatic carbocycles. The molecule has 0 bridgehead atoms. The predicted octanol–water partition coefficient (Wildman–Crippen LogP) is 3.31. The summed E-state index contributed by atoms with van der Waals surface area (Å²) in [4.78, 5) is 42.5. The SMILES string of the molecule is CCCCN1CC(C(=O)NC(Cc2cc(F)cc(F)c2)C(O)[C@H]2CN(S(=O)(=O)c3ccccc3)CCN2C(=O)OC(C)(C)C)CC1=O. The minimum atomic E-state index is -4.05. The van der Waals surface area contributed by atoms with Gasteiger partial charge in [0.05, 0.1) is 29.0 Å². The first-order valence-corrected chi connectivity index (χ1v) is 17.3. The maximum absolute atomic E-state index is 14.2. The molecule has 0 saturated carbocycles. The number of rotatable bonds is 11. The number of hydrogen-bond acceptors (Lipinski definition) is 7. The Morgan fingerprint density at radius 3 is 2.34 bits per heavy atom. The zero-order chi connectivity index (χ0) is 34.5. The van der Waals surface area contributed by atoms with Crippen LogP contribution in [0.4, 0.5) is 13.6 Å². The van der Waals surface area contributed by atoms with Gasteiger partial charge in [0.1, 0.15) is 17.2 Å². The average molecular weight is 679 g/mol. The van der Waals surface area contributed by atoms with Gasteiger partial charge in [-0.3, -0.25) is 14.5 Å². The number of hydrogen-bond donors (Lipinski definition) is 2. The summed E-state index contributed by atoms with van der Waals surface area (Å²) < 4.78 is 62.4. The van der Waals surface area contributed by atoms with Crippen molar-refractivity contribution >= 4 is 27.9 Å². The third-order valence-corrected chi connectivity index (χ3v) is 10.1. The molecule has 2 aliphatic heterocycles.